The summed E-state index contributed by atoms with van der Waals surface area (Å²) in [5, 5.41) is 22.3. The van der Waals surface area contributed by atoms with Gasteiger partial charge in [0.2, 0.25) is 5.95 Å². The van der Waals surface area contributed by atoms with Crippen molar-refractivity contribution in [1.82, 2.24) is 9.97 Å². The number of nitrogens with zero attached hydrogens (tertiary/aromatic N) is 2. The van der Waals surface area contributed by atoms with Crippen LogP contribution in [0, 0.1) is 17.2 Å². The van der Waals surface area contributed by atoms with Crippen LogP contribution in [-0.4, -0.2) is 15.1 Å². The number of rotatable bonds is 4. The normalized spacial score (nSPS) is 11.7. The Balaban J connectivity index is 2.00. The molecular formula is C19H18N4O. The maximum atomic E-state index is 10.0. The van der Waals surface area contributed by atoms with Crippen molar-refractivity contribution in [2.45, 2.75) is 13.8 Å². The first-order valence-corrected chi connectivity index (χ1v) is 7.74. The lowest BCUT2D eigenvalue weighted by Gasteiger charge is -2.10. The molecule has 2 aromatic carbocycles. The maximum absolute atomic E-state index is 10.0. The van der Waals surface area contributed by atoms with Gasteiger partial charge in [0.1, 0.15) is 11.3 Å². The molecule has 120 valence electrons. The highest BCUT2D eigenvalue weighted by atomic mass is 16.3. The summed E-state index contributed by atoms with van der Waals surface area (Å²) in [7, 11) is 0. The molecule has 5 heteroatoms. The van der Waals surface area contributed by atoms with Gasteiger partial charge in [-0.05, 0) is 17.5 Å². The van der Waals surface area contributed by atoms with E-state index in [2.05, 4.69) is 35.2 Å². The molecule has 0 aliphatic carbocycles. The molecule has 0 spiro atoms. The van der Waals surface area contributed by atoms with E-state index in [0.717, 1.165) is 11.3 Å². The highest BCUT2D eigenvalue weighted by molar-refractivity contribution is 5.86. The lowest BCUT2D eigenvalue weighted by Crippen LogP contribution is -2.02. The fraction of sp³-hybridized carbons (Fsp3) is 0.158. The lowest BCUT2D eigenvalue weighted by atomic mass is 10.1. The van der Waals surface area contributed by atoms with Gasteiger partial charge in [-0.15, -0.1) is 0 Å². The highest BCUT2D eigenvalue weighted by Crippen LogP contribution is 2.27. The average molecular weight is 318 g/mol. The minimum absolute atomic E-state index is 0.0116. The van der Waals surface area contributed by atoms with Crippen molar-refractivity contribution in [1.29, 1.82) is 5.26 Å². The molecule has 0 amide bonds. The Morgan fingerprint density at radius 3 is 2.71 bits per heavy atom. The van der Waals surface area contributed by atoms with Crippen LogP contribution in [0.5, 0.6) is 5.75 Å². The van der Waals surface area contributed by atoms with Gasteiger partial charge in [-0.2, -0.15) is 5.26 Å². The molecular weight excluding hydrogens is 300 g/mol. The van der Waals surface area contributed by atoms with Crippen LogP contribution in [0.25, 0.3) is 16.7 Å². The molecule has 24 heavy (non-hydrogen) atoms. The summed E-state index contributed by atoms with van der Waals surface area (Å²) in [4.78, 5) is 7.50. The Bertz CT molecular complexity index is 933. The smallest absolute Gasteiger partial charge is 0.205 e. The molecule has 5 nitrogen and oxygen atoms in total. The number of nitriles is 1. The standard InChI is InChI=1S/C19H18N4O/c1-12(2)8-15(14-6-4-3-5-7-14)21-19-22-16-9-13(11-20)10-17(24)18(16)23-19/h3-10,12,24H,1-2H3,(H2,21,22,23)/b15-8+. The summed E-state index contributed by atoms with van der Waals surface area (Å²) < 4.78 is 0. The van der Waals surface area contributed by atoms with E-state index < -0.39 is 0 Å². The largest absolute Gasteiger partial charge is 0.506 e. The molecule has 0 atom stereocenters. The Morgan fingerprint density at radius 2 is 2.04 bits per heavy atom. The van der Waals surface area contributed by atoms with Crippen LogP contribution in [0.3, 0.4) is 0 Å². The van der Waals surface area contributed by atoms with Crippen LogP contribution >= 0.6 is 0 Å². The number of hydrogen-bond donors (Lipinski definition) is 3. The summed E-state index contributed by atoms with van der Waals surface area (Å²) in [5.74, 6) is 0.865. The molecule has 0 bridgehead atoms. The van der Waals surface area contributed by atoms with E-state index in [-0.39, 0.29) is 5.75 Å². The topological polar surface area (TPSA) is 84.7 Å². The third-order valence-corrected chi connectivity index (χ3v) is 3.53. The van der Waals surface area contributed by atoms with Crippen molar-refractivity contribution in [2.75, 3.05) is 5.32 Å². The first-order chi connectivity index (χ1) is 11.6. The number of fused-ring (bicyclic) bond motifs is 1. The summed E-state index contributed by atoms with van der Waals surface area (Å²) in [6.45, 7) is 4.21. The van der Waals surface area contributed by atoms with Gasteiger partial charge >= 0.3 is 0 Å². The van der Waals surface area contributed by atoms with E-state index in [4.69, 9.17) is 5.26 Å². The van der Waals surface area contributed by atoms with E-state index >= 15 is 0 Å². The van der Waals surface area contributed by atoms with Crippen LogP contribution in [0.15, 0.2) is 48.5 Å². The monoisotopic (exact) mass is 318 g/mol. The number of anilines is 1. The Kier molecular flexibility index (Phi) is 4.21. The molecule has 3 rings (SSSR count). The van der Waals surface area contributed by atoms with Gasteiger partial charge in [0.05, 0.1) is 17.1 Å². The van der Waals surface area contributed by atoms with Gasteiger partial charge in [0.25, 0.3) is 0 Å². The van der Waals surface area contributed by atoms with Gasteiger partial charge in [-0.25, -0.2) is 4.98 Å². The van der Waals surface area contributed by atoms with E-state index in [0.29, 0.717) is 28.5 Å². The van der Waals surface area contributed by atoms with Gasteiger partial charge in [-0.1, -0.05) is 50.3 Å². The van der Waals surface area contributed by atoms with Crippen molar-refractivity contribution < 1.29 is 5.11 Å². The summed E-state index contributed by atoms with van der Waals surface area (Å²) >= 11 is 0. The number of H-pyrrole nitrogens is 1. The van der Waals surface area contributed by atoms with Crippen LogP contribution in [0.4, 0.5) is 5.95 Å². The van der Waals surface area contributed by atoms with E-state index in [1.165, 1.54) is 6.07 Å². The molecule has 0 unspecified atom stereocenters. The number of imidazole rings is 1. The maximum Gasteiger partial charge on any atom is 0.205 e. The second kappa shape index (κ2) is 6.47. The fourth-order valence-corrected chi connectivity index (χ4v) is 2.51. The molecule has 0 saturated carbocycles. The number of phenols is 1. The summed E-state index contributed by atoms with van der Waals surface area (Å²) in [6, 6.07) is 15.1. The second-order valence-corrected chi connectivity index (χ2v) is 5.90. The molecule has 1 aromatic heterocycles. The number of nitrogens with one attached hydrogen (secondary N) is 2. The summed E-state index contributed by atoms with van der Waals surface area (Å²) in [5.41, 5.74) is 3.42. The number of aromatic hydroxyl groups is 1. The molecule has 0 saturated heterocycles. The first-order valence-electron chi connectivity index (χ1n) is 7.74. The number of allylic oxidation sites excluding steroid dienone is 1. The predicted octanol–water partition coefficient (Wildman–Crippen LogP) is 4.25. The van der Waals surface area contributed by atoms with Gasteiger partial charge in [0, 0.05) is 11.8 Å². The van der Waals surface area contributed by atoms with Gasteiger partial charge in [-0.3, -0.25) is 0 Å². The second-order valence-electron chi connectivity index (χ2n) is 5.90. The fourth-order valence-electron chi connectivity index (χ4n) is 2.51. The van der Waals surface area contributed by atoms with Crippen molar-refractivity contribution in [3.8, 4) is 11.8 Å². The number of benzene rings is 2. The first kappa shape index (κ1) is 15.6. The van der Waals surface area contributed by atoms with Gasteiger partial charge in [0.15, 0.2) is 0 Å². The van der Waals surface area contributed by atoms with E-state index in [1.54, 1.807) is 6.07 Å². The van der Waals surface area contributed by atoms with Crippen LogP contribution in [0.1, 0.15) is 25.0 Å². The van der Waals surface area contributed by atoms with Crippen LogP contribution in [0.2, 0.25) is 0 Å². The summed E-state index contributed by atoms with van der Waals surface area (Å²) in [6.07, 6.45) is 2.11. The predicted molar refractivity (Wildman–Crippen MR) is 95.4 cm³/mol. The molecule has 1 heterocycles. The minimum Gasteiger partial charge on any atom is -0.506 e. The molecule has 0 fully saturated rings. The minimum atomic E-state index is -0.0116. The number of phenolic OH excluding ortho intramolecular Hbond substituents is 1. The zero-order valence-electron chi connectivity index (χ0n) is 13.5. The van der Waals surface area contributed by atoms with Crippen molar-refractivity contribution in [3.05, 3.63) is 59.7 Å². The quantitative estimate of drug-likeness (QED) is 0.671. The molecule has 0 radical (unpaired) electrons. The molecule has 0 aliphatic rings. The van der Waals surface area contributed by atoms with Crippen molar-refractivity contribution in [3.63, 3.8) is 0 Å². The van der Waals surface area contributed by atoms with Gasteiger partial charge < -0.3 is 15.4 Å². The molecule has 3 N–H and O–H groups in total. The number of aromatic nitrogens is 2. The number of hydrogen-bond acceptors (Lipinski definition) is 4. The van der Waals surface area contributed by atoms with E-state index in [1.807, 2.05) is 36.4 Å². The van der Waals surface area contributed by atoms with E-state index in [9.17, 15) is 5.11 Å². The number of aromatic amines is 1. The Labute approximate surface area is 140 Å². The third kappa shape index (κ3) is 3.23. The Morgan fingerprint density at radius 1 is 1.29 bits per heavy atom. The molecule has 3 aromatic rings. The SMILES string of the molecule is CC(C)/C=C(/Nc1nc2c(O)cc(C#N)cc2[nH]1)c1ccccc1. The highest BCUT2D eigenvalue weighted by Gasteiger charge is 2.11. The Hall–Kier alpha value is -3.26. The van der Waals surface area contributed by atoms with Crippen molar-refractivity contribution in [2.24, 2.45) is 5.92 Å². The zero-order valence-corrected chi connectivity index (χ0v) is 13.5. The van der Waals surface area contributed by atoms with Crippen molar-refractivity contribution >= 4 is 22.7 Å². The van der Waals surface area contributed by atoms with Crippen LogP contribution in [-0.2, 0) is 0 Å². The zero-order chi connectivity index (χ0) is 17.1. The average Bonchev–Trinajstić information content (AvgIpc) is 2.97. The molecule has 0 aliphatic heterocycles. The lowest BCUT2D eigenvalue weighted by molar-refractivity contribution is 0.480. The third-order valence-electron chi connectivity index (χ3n) is 3.53. The van der Waals surface area contributed by atoms with Crippen LogP contribution < -0.4 is 5.32 Å².